The van der Waals surface area contributed by atoms with Crippen molar-refractivity contribution in [3.8, 4) is 0 Å². The maximum absolute atomic E-state index is 5.06. The van der Waals surface area contributed by atoms with E-state index in [0.29, 0.717) is 24.2 Å². The van der Waals surface area contributed by atoms with Crippen LogP contribution in [-0.4, -0.2) is 42.2 Å². The van der Waals surface area contributed by atoms with E-state index in [4.69, 9.17) is 25.2 Å². The van der Waals surface area contributed by atoms with Crippen LogP contribution in [0.15, 0.2) is 18.2 Å². The minimum absolute atomic E-state index is 0.00694. The predicted molar refractivity (Wildman–Crippen MR) is 127 cm³/mol. The van der Waals surface area contributed by atoms with Crippen LogP contribution in [0.25, 0.3) is 0 Å². The van der Waals surface area contributed by atoms with Gasteiger partial charge in [-0.05, 0) is 51.7 Å². The Balaban J connectivity index is 0.000000858. The van der Waals surface area contributed by atoms with Crippen LogP contribution in [0.4, 0.5) is 0 Å². The molecule has 4 N–H and O–H groups in total. The number of halogens is 2. The van der Waals surface area contributed by atoms with Crippen LogP contribution in [0.1, 0.15) is 88.7 Å². The number of hydrogen-bond donors (Lipinski definition) is 4. The molecule has 31 heavy (non-hydrogen) atoms. The fourth-order valence-electron chi connectivity index (χ4n) is 5.43. The molecule has 8 heteroatoms. The Morgan fingerprint density at radius 2 is 1.13 bits per heavy atom. The van der Waals surface area contributed by atoms with Crippen LogP contribution in [0, 0.1) is 0 Å². The first-order valence-corrected chi connectivity index (χ1v) is 15.2. The van der Waals surface area contributed by atoms with Gasteiger partial charge in [0, 0.05) is 49.3 Å². The van der Waals surface area contributed by atoms with E-state index < -0.39 is 0 Å². The van der Waals surface area contributed by atoms with Gasteiger partial charge in [-0.15, -0.1) is 0 Å². The molecule has 0 spiro atoms. The molecule has 3 aliphatic rings. The van der Waals surface area contributed by atoms with Gasteiger partial charge in [-0.1, -0.05) is 31.7 Å². The molecule has 2 saturated carbocycles. The van der Waals surface area contributed by atoms with Crippen molar-refractivity contribution in [3.63, 3.8) is 0 Å². The molecule has 2 heterocycles. The van der Waals surface area contributed by atoms with Crippen LogP contribution in [-0.2, 0) is 13.1 Å². The average Bonchev–Trinajstić information content (AvgIpc) is 2.79. The number of rotatable bonds is 0. The van der Waals surface area contributed by atoms with E-state index in [-0.39, 0.29) is 25.2 Å². The van der Waals surface area contributed by atoms with Gasteiger partial charge in [0.1, 0.15) is 0 Å². The fraction of sp³-hybridized carbons (Fsp3) is 0.783. The molecule has 4 rings (SSSR count). The SMILES string of the molecule is C[C@@H]1N[C@@H]2CCCCC2NCCN[C@@H]2CCCC[C@H]2N[C@@H](C)c2cccc1n2.[Cl][Mn][Cl]. The van der Waals surface area contributed by atoms with E-state index in [9.17, 15) is 0 Å². The molecule has 1 aromatic heterocycles. The summed E-state index contributed by atoms with van der Waals surface area (Å²) in [7, 11) is 9.59. The summed E-state index contributed by atoms with van der Waals surface area (Å²) in [4.78, 5) is 5.06. The molecule has 2 bridgehead atoms. The Hall–Kier alpha value is 0.0895. The van der Waals surface area contributed by atoms with Gasteiger partial charge in [-0.25, -0.2) is 0 Å². The zero-order valence-corrected chi connectivity index (χ0v) is 21.5. The molecule has 2 aliphatic carbocycles. The van der Waals surface area contributed by atoms with E-state index in [0.717, 1.165) is 13.1 Å². The molecule has 0 aromatic carbocycles. The van der Waals surface area contributed by atoms with Gasteiger partial charge in [0.05, 0.1) is 11.4 Å². The number of pyridine rings is 1. The van der Waals surface area contributed by atoms with Crippen molar-refractivity contribution in [1.82, 2.24) is 26.3 Å². The number of hydrogen-bond acceptors (Lipinski definition) is 5. The summed E-state index contributed by atoms with van der Waals surface area (Å²) < 4.78 is 0. The zero-order valence-electron chi connectivity index (χ0n) is 18.8. The van der Waals surface area contributed by atoms with Gasteiger partial charge in [-0.2, -0.15) is 0 Å². The van der Waals surface area contributed by atoms with E-state index >= 15 is 0 Å². The molecule has 6 atom stereocenters. The first kappa shape index (κ1) is 25.7. The second-order valence-corrected chi connectivity index (χ2v) is 11.2. The first-order chi connectivity index (χ1) is 15.1. The summed E-state index contributed by atoms with van der Waals surface area (Å²) in [6.07, 6.45) is 10.4. The monoisotopic (exact) mass is 510 g/mol. The predicted octanol–water partition coefficient (Wildman–Crippen LogP) is 4.57. The summed E-state index contributed by atoms with van der Waals surface area (Å²) in [5, 5.41) is 15.5. The van der Waals surface area contributed by atoms with Gasteiger partial charge in [0.25, 0.3) is 0 Å². The third kappa shape index (κ3) is 7.82. The van der Waals surface area contributed by atoms with Crippen molar-refractivity contribution >= 4 is 20.2 Å². The minimum atomic E-state index is 0.00694. The first-order valence-electron chi connectivity index (χ1n) is 11.9. The van der Waals surface area contributed by atoms with Crippen LogP contribution in [0.5, 0.6) is 0 Å². The normalized spacial score (nSPS) is 34.7. The molecule has 2 fully saturated rings. The maximum atomic E-state index is 5.06. The molecule has 0 amide bonds. The third-order valence-corrected chi connectivity index (χ3v) is 7.08. The summed E-state index contributed by atoms with van der Waals surface area (Å²) in [6.45, 7) is 6.66. The van der Waals surface area contributed by atoms with Crippen molar-refractivity contribution in [2.45, 2.75) is 101 Å². The van der Waals surface area contributed by atoms with Crippen molar-refractivity contribution in [3.05, 3.63) is 29.6 Å². The molecule has 1 aromatic rings. The van der Waals surface area contributed by atoms with Crippen LogP contribution >= 0.6 is 20.2 Å². The average molecular weight is 511 g/mol. The van der Waals surface area contributed by atoms with Crippen LogP contribution in [0.2, 0.25) is 0 Å². The molecule has 1 aliphatic heterocycles. The van der Waals surface area contributed by atoms with Gasteiger partial charge in [0.2, 0.25) is 0 Å². The Kier molecular flexibility index (Phi) is 11.4. The number of fused-ring (bicyclic) bond motifs is 4. The van der Waals surface area contributed by atoms with Gasteiger partial charge < -0.3 is 21.3 Å². The molecule has 1 unspecified atom stereocenters. The van der Waals surface area contributed by atoms with Gasteiger partial charge >= 0.3 is 33.3 Å². The molecule has 5 nitrogen and oxygen atoms in total. The van der Waals surface area contributed by atoms with E-state index in [1.807, 2.05) is 0 Å². The van der Waals surface area contributed by atoms with Crippen molar-refractivity contribution < 1.29 is 13.1 Å². The van der Waals surface area contributed by atoms with Crippen molar-refractivity contribution in [1.29, 1.82) is 0 Å². The number of aromatic nitrogens is 1. The number of nitrogens with zero attached hydrogens (tertiary/aromatic N) is 1. The Labute approximate surface area is 203 Å². The summed E-state index contributed by atoms with van der Waals surface area (Å²) in [6, 6.07) is 9.34. The molecule has 0 saturated heterocycles. The van der Waals surface area contributed by atoms with Crippen LogP contribution < -0.4 is 21.3 Å². The molecule has 177 valence electrons. The van der Waals surface area contributed by atoms with E-state index in [1.165, 1.54) is 62.8 Å². The zero-order chi connectivity index (χ0) is 22.1. The van der Waals surface area contributed by atoms with Gasteiger partial charge in [0.15, 0.2) is 0 Å². The fourth-order valence-corrected chi connectivity index (χ4v) is 5.43. The molecular weight excluding hydrogens is 472 g/mol. The second kappa shape index (κ2) is 13.7. The van der Waals surface area contributed by atoms with Crippen LogP contribution in [0.3, 0.4) is 0 Å². The Morgan fingerprint density at radius 3 is 1.55 bits per heavy atom. The Bertz CT molecular complexity index is 603. The third-order valence-electron chi connectivity index (χ3n) is 7.08. The van der Waals surface area contributed by atoms with Crippen molar-refractivity contribution in [2.75, 3.05) is 13.1 Å². The molecular formula is C23H39Cl2MnN5. The topological polar surface area (TPSA) is 61.0 Å². The van der Waals surface area contributed by atoms with E-state index in [1.54, 1.807) is 0 Å². The van der Waals surface area contributed by atoms with Gasteiger partial charge in [-0.3, -0.25) is 4.98 Å². The summed E-state index contributed by atoms with van der Waals surface area (Å²) in [5.41, 5.74) is 2.34. The van der Waals surface area contributed by atoms with E-state index in [2.05, 4.69) is 53.3 Å². The van der Waals surface area contributed by atoms with Crippen molar-refractivity contribution in [2.24, 2.45) is 0 Å². The quantitative estimate of drug-likeness (QED) is 0.385. The number of nitrogens with one attached hydrogen (secondary N) is 4. The Morgan fingerprint density at radius 1 is 0.742 bits per heavy atom. The summed E-state index contributed by atoms with van der Waals surface area (Å²) in [5.74, 6) is 0. The summed E-state index contributed by atoms with van der Waals surface area (Å²) >= 11 is 0.00694. The standard InChI is InChI=1S/C23H39N5.2ClH.Mn/c1-16-18-12-7-13-19(28-18)17(2)27-23-11-6-4-9-21(23)25-15-14-24-20-8-3-5-10-22(20)26-16;;;/h7,12-13,16-17,20-27H,3-6,8-11,14-15H2,1-2H3;2*1H;/q;;;+2/p-2/t16-,17-,20+,21?,22+,23+;;;/m0.../s1. The second-order valence-electron chi connectivity index (χ2n) is 9.22. The molecule has 0 radical (unpaired) electrons.